The van der Waals surface area contributed by atoms with E-state index in [-0.39, 0.29) is 24.1 Å². The fourth-order valence-corrected chi connectivity index (χ4v) is 4.02. The van der Waals surface area contributed by atoms with Crippen LogP contribution in [0.4, 0.5) is 5.69 Å². The summed E-state index contributed by atoms with van der Waals surface area (Å²) < 4.78 is 7.06. The van der Waals surface area contributed by atoms with Crippen LogP contribution in [-0.4, -0.2) is 49.0 Å². The van der Waals surface area contributed by atoms with Crippen molar-refractivity contribution >= 4 is 34.3 Å². The standard InChI is InChI=1S/C24H26N4O4/c1-27-15-20(19-5-3-4-6-21(19)27)24(31)26-12-11-25-23(30)16-13-22(29)28(14-16)17-7-9-18(32-2)10-8-17/h3-10,15-16H,11-14H2,1-2H3,(H,25,30)(H,26,31)/t16-/m0/s1. The molecule has 1 aliphatic rings. The van der Waals surface area contributed by atoms with E-state index in [1.807, 2.05) is 35.9 Å². The number of benzene rings is 2. The van der Waals surface area contributed by atoms with E-state index in [4.69, 9.17) is 4.74 Å². The minimum atomic E-state index is -0.418. The van der Waals surface area contributed by atoms with Crippen LogP contribution in [0.5, 0.6) is 5.75 Å². The van der Waals surface area contributed by atoms with Gasteiger partial charge < -0.3 is 24.8 Å². The van der Waals surface area contributed by atoms with E-state index in [1.165, 1.54) is 0 Å². The number of fused-ring (bicyclic) bond motifs is 1. The third-order valence-corrected chi connectivity index (χ3v) is 5.73. The molecule has 2 heterocycles. The van der Waals surface area contributed by atoms with E-state index in [9.17, 15) is 14.4 Å². The van der Waals surface area contributed by atoms with Gasteiger partial charge in [-0.05, 0) is 30.3 Å². The van der Waals surface area contributed by atoms with Crippen molar-refractivity contribution in [3.8, 4) is 5.75 Å². The fourth-order valence-electron chi connectivity index (χ4n) is 4.02. The van der Waals surface area contributed by atoms with Crippen LogP contribution in [-0.2, 0) is 16.6 Å². The van der Waals surface area contributed by atoms with Gasteiger partial charge >= 0.3 is 0 Å². The highest BCUT2D eigenvalue weighted by molar-refractivity contribution is 6.07. The third kappa shape index (κ3) is 4.30. The molecular formula is C24H26N4O4. The molecule has 166 valence electrons. The molecule has 1 aromatic heterocycles. The van der Waals surface area contributed by atoms with E-state index in [0.29, 0.717) is 30.9 Å². The number of para-hydroxylation sites is 1. The Hall–Kier alpha value is -3.81. The molecule has 0 radical (unpaired) electrons. The maximum atomic E-state index is 12.6. The molecule has 1 fully saturated rings. The van der Waals surface area contributed by atoms with Crippen molar-refractivity contribution in [1.29, 1.82) is 0 Å². The van der Waals surface area contributed by atoms with E-state index >= 15 is 0 Å². The predicted octanol–water partition coefficient (Wildman–Crippen LogP) is 2.09. The number of ether oxygens (including phenoxy) is 1. The molecular weight excluding hydrogens is 408 g/mol. The molecule has 32 heavy (non-hydrogen) atoms. The van der Waals surface area contributed by atoms with Gasteiger partial charge in [-0.15, -0.1) is 0 Å². The Labute approximate surface area is 186 Å². The summed E-state index contributed by atoms with van der Waals surface area (Å²) in [7, 11) is 3.48. The van der Waals surface area contributed by atoms with Crippen molar-refractivity contribution in [2.45, 2.75) is 6.42 Å². The summed E-state index contributed by atoms with van der Waals surface area (Å²) in [6, 6.07) is 14.9. The summed E-state index contributed by atoms with van der Waals surface area (Å²) in [5, 5.41) is 6.56. The molecule has 0 saturated carbocycles. The molecule has 0 bridgehead atoms. The Morgan fingerprint density at radius 2 is 1.78 bits per heavy atom. The van der Waals surface area contributed by atoms with E-state index in [1.54, 1.807) is 42.5 Å². The van der Waals surface area contributed by atoms with Gasteiger partial charge in [0.05, 0.1) is 18.6 Å². The Balaban J connectivity index is 1.27. The smallest absolute Gasteiger partial charge is 0.253 e. The molecule has 8 heteroatoms. The van der Waals surface area contributed by atoms with Gasteiger partial charge in [-0.3, -0.25) is 14.4 Å². The molecule has 3 aromatic rings. The van der Waals surface area contributed by atoms with Gasteiger partial charge in [0.2, 0.25) is 11.8 Å². The summed E-state index contributed by atoms with van der Waals surface area (Å²) >= 11 is 0. The predicted molar refractivity (Wildman–Crippen MR) is 122 cm³/mol. The van der Waals surface area contributed by atoms with Crippen molar-refractivity contribution in [2.75, 3.05) is 31.6 Å². The van der Waals surface area contributed by atoms with Crippen LogP contribution >= 0.6 is 0 Å². The average molecular weight is 434 g/mol. The van der Waals surface area contributed by atoms with Gasteiger partial charge in [-0.25, -0.2) is 0 Å². The zero-order chi connectivity index (χ0) is 22.7. The Morgan fingerprint density at radius 3 is 2.53 bits per heavy atom. The second kappa shape index (κ2) is 9.13. The van der Waals surface area contributed by atoms with E-state index < -0.39 is 5.92 Å². The fraction of sp³-hybridized carbons (Fsp3) is 0.292. The van der Waals surface area contributed by atoms with Gasteiger partial charge in [-0.1, -0.05) is 18.2 Å². The van der Waals surface area contributed by atoms with Crippen molar-refractivity contribution in [3.05, 3.63) is 60.3 Å². The first-order valence-corrected chi connectivity index (χ1v) is 10.5. The van der Waals surface area contributed by atoms with Crippen LogP contribution in [0.2, 0.25) is 0 Å². The number of carbonyl (C=O) groups is 3. The maximum Gasteiger partial charge on any atom is 0.253 e. The van der Waals surface area contributed by atoms with Gasteiger partial charge in [0.1, 0.15) is 5.75 Å². The van der Waals surface area contributed by atoms with Crippen molar-refractivity contribution in [2.24, 2.45) is 13.0 Å². The van der Waals surface area contributed by atoms with Crippen LogP contribution in [0.1, 0.15) is 16.8 Å². The Morgan fingerprint density at radius 1 is 1.06 bits per heavy atom. The minimum absolute atomic E-state index is 0.0837. The first-order valence-electron chi connectivity index (χ1n) is 10.5. The number of amides is 3. The minimum Gasteiger partial charge on any atom is -0.497 e. The van der Waals surface area contributed by atoms with E-state index in [0.717, 1.165) is 16.6 Å². The van der Waals surface area contributed by atoms with Crippen LogP contribution in [0.3, 0.4) is 0 Å². The molecule has 0 spiro atoms. The van der Waals surface area contributed by atoms with Gasteiger partial charge in [-0.2, -0.15) is 0 Å². The molecule has 1 saturated heterocycles. The zero-order valence-electron chi connectivity index (χ0n) is 18.1. The lowest BCUT2D eigenvalue weighted by Crippen LogP contribution is -2.38. The van der Waals surface area contributed by atoms with Crippen LogP contribution < -0.4 is 20.3 Å². The number of methoxy groups -OCH3 is 1. The summed E-state index contributed by atoms with van der Waals surface area (Å²) in [5.41, 5.74) is 2.33. The lowest BCUT2D eigenvalue weighted by atomic mass is 10.1. The molecule has 3 amide bonds. The lowest BCUT2D eigenvalue weighted by molar-refractivity contribution is -0.126. The molecule has 1 aliphatic heterocycles. The number of aromatic nitrogens is 1. The number of nitrogens with zero attached hydrogens (tertiary/aromatic N) is 2. The Bertz CT molecular complexity index is 1150. The van der Waals surface area contributed by atoms with Gasteiger partial charge in [0.25, 0.3) is 5.91 Å². The number of rotatable bonds is 7. The monoisotopic (exact) mass is 434 g/mol. The largest absolute Gasteiger partial charge is 0.497 e. The van der Waals surface area contributed by atoms with Gasteiger partial charge in [0.15, 0.2) is 0 Å². The topological polar surface area (TPSA) is 92.7 Å². The first kappa shape index (κ1) is 21.4. The summed E-state index contributed by atoms with van der Waals surface area (Å²) in [4.78, 5) is 39.1. The van der Waals surface area contributed by atoms with Gasteiger partial charge in [0, 0.05) is 55.9 Å². The average Bonchev–Trinajstić information content (AvgIpc) is 3.37. The quantitative estimate of drug-likeness (QED) is 0.557. The maximum absolute atomic E-state index is 12.6. The number of anilines is 1. The van der Waals surface area contributed by atoms with Crippen molar-refractivity contribution in [3.63, 3.8) is 0 Å². The number of hydrogen-bond acceptors (Lipinski definition) is 4. The molecule has 0 unspecified atom stereocenters. The zero-order valence-corrected chi connectivity index (χ0v) is 18.1. The van der Waals surface area contributed by atoms with Crippen LogP contribution in [0.15, 0.2) is 54.7 Å². The molecule has 2 aromatic carbocycles. The number of carbonyl (C=O) groups excluding carboxylic acids is 3. The lowest BCUT2D eigenvalue weighted by Gasteiger charge is -2.17. The number of hydrogen-bond donors (Lipinski definition) is 2. The molecule has 0 aliphatic carbocycles. The first-order chi connectivity index (χ1) is 15.5. The van der Waals surface area contributed by atoms with Crippen molar-refractivity contribution in [1.82, 2.24) is 15.2 Å². The van der Waals surface area contributed by atoms with Crippen LogP contribution in [0.25, 0.3) is 10.9 Å². The molecule has 2 N–H and O–H groups in total. The molecule has 1 atom stereocenters. The summed E-state index contributed by atoms with van der Waals surface area (Å²) in [6.45, 7) is 0.929. The molecule has 4 rings (SSSR count). The number of aryl methyl sites for hydroxylation is 1. The third-order valence-electron chi connectivity index (χ3n) is 5.73. The highest BCUT2D eigenvalue weighted by atomic mass is 16.5. The van der Waals surface area contributed by atoms with Crippen molar-refractivity contribution < 1.29 is 19.1 Å². The number of nitrogens with one attached hydrogen (secondary N) is 2. The Kier molecular flexibility index (Phi) is 6.11. The highest BCUT2D eigenvalue weighted by Gasteiger charge is 2.34. The SMILES string of the molecule is COc1ccc(N2C[C@@H](C(=O)NCCNC(=O)c3cn(C)c4ccccc34)CC2=O)cc1. The normalized spacial score (nSPS) is 15.8. The summed E-state index contributed by atoms with van der Waals surface area (Å²) in [5.74, 6) is -0.162. The van der Waals surface area contributed by atoms with Crippen LogP contribution in [0, 0.1) is 5.92 Å². The second-order valence-corrected chi connectivity index (χ2v) is 7.82. The second-order valence-electron chi connectivity index (χ2n) is 7.82. The highest BCUT2D eigenvalue weighted by Crippen LogP contribution is 2.27. The van der Waals surface area contributed by atoms with E-state index in [2.05, 4.69) is 10.6 Å². The summed E-state index contributed by atoms with van der Waals surface area (Å²) in [6.07, 6.45) is 1.97. The molecule has 8 nitrogen and oxygen atoms in total.